The molecule has 2 aromatic carbocycles. The SMILES string of the molecule is NC(=O)CC(c1ccc(CCC2COC(N)=N2)cc1)c1ccccc1Cl. The van der Waals surface area contributed by atoms with Crippen LogP contribution in [0.1, 0.15) is 35.4 Å². The van der Waals surface area contributed by atoms with Crippen molar-refractivity contribution in [2.45, 2.75) is 31.2 Å². The number of hydrogen-bond acceptors (Lipinski definition) is 4. The fraction of sp³-hybridized carbons (Fsp3) is 0.300. The molecule has 5 nitrogen and oxygen atoms in total. The van der Waals surface area contributed by atoms with Crippen molar-refractivity contribution in [3.05, 3.63) is 70.2 Å². The minimum absolute atomic E-state index is 0.125. The van der Waals surface area contributed by atoms with E-state index in [2.05, 4.69) is 17.1 Å². The quantitative estimate of drug-likeness (QED) is 0.783. The van der Waals surface area contributed by atoms with Crippen molar-refractivity contribution in [3.8, 4) is 0 Å². The Bertz CT molecular complexity index is 805. The van der Waals surface area contributed by atoms with Crippen LogP contribution < -0.4 is 11.5 Å². The molecule has 0 aliphatic carbocycles. The van der Waals surface area contributed by atoms with Gasteiger partial charge in [-0.1, -0.05) is 54.1 Å². The first kappa shape index (κ1) is 18.3. The molecule has 0 aromatic heterocycles. The normalized spacial score (nSPS) is 17.4. The summed E-state index contributed by atoms with van der Waals surface area (Å²) in [4.78, 5) is 15.8. The highest BCUT2D eigenvalue weighted by Crippen LogP contribution is 2.33. The molecule has 0 radical (unpaired) electrons. The summed E-state index contributed by atoms with van der Waals surface area (Å²) in [7, 11) is 0. The molecule has 2 aromatic rings. The summed E-state index contributed by atoms with van der Waals surface area (Å²) in [5.74, 6) is -0.501. The number of carbonyl (C=O) groups excluding carboxylic acids is 1. The second kappa shape index (κ2) is 8.23. The van der Waals surface area contributed by atoms with Crippen LogP contribution in [0.5, 0.6) is 0 Å². The third kappa shape index (κ3) is 4.55. The van der Waals surface area contributed by atoms with E-state index in [0.717, 1.165) is 24.0 Å². The molecule has 2 unspecified atom stereocenters. The third-order valence-electron chi connectivity index (χ3n) is 4.57. The van der Waals surface area contributed by atoms with Crippen LogP contribution in [-0.2, 0) is 16.0 Å². The maximum Gasteiger partial charge on any atom is 0.282 e. The molecular weight excluding hydrogens is 350 g/mol. The molecule has 1 aliphatic heterocycles. The van der Waals surface area contributed by atoms with Crippen LogP contribution in [0.2, 0.25) is 5.02 Å². The Labute approximate surface area is 158 Å². The Balaban J connectivity index is 1.73. The van der Waals surface area contributed by atoms with Gasteiger partial charge in [-0.25, -0.2) is 4.99 Å². The predicted octanol–water partition coefficient (Wildman–Crippen LogP) is 2.99. The van der Waals surface area contributed by atoms with Gasteiger partial charge in [-0.2, -0.15) is 0 Å². The first-order chi connectivity index (χ1) is 12.5. The predicted molar refractivity (Wildman–Crippen MR) is 103 cm³/mol. The highest BCUT2D eigenvalue weighted by molar-refractivity contribution is 6.31. The van der Waals surface area contributed by atoms with Crippen molar-refractivity contribution in [1.29, 1.82) is 0 Å². The van der Waals surface area contributed by atoms with Crippen molar-refractivity contribution in [2.75, 3.05) is 6.61 Å². The van der Waals surface area contributed by atoms with Gasteiger partial charge in [0.25, 0.3) is 6.02 Å². The van der Waals surface area contributed by atoms with Gasteiger partial charge in [0.15, 0.2) is 0 Å². The molecule has 3 rings (SSSR count). The fourth-order valence-electron chi connectivity index (χ4n) is 3.20. The molecule has 1 aliphatic rings. The number of primary amides is 1. The Kier molecular flexibility index (Phi) is 5.78. The summed E-state index contributed by atoms with van der Waals surface area (Å²) in [6, 6.07) is 16.2. The minimum atomic E-state index is -0.351. The van der Waals surface area contributed by atoms with Gasteiger partial charge in [-0.3, -0.25) is 4.79 Å². The van der Waals surface area contributed by atoms with Crippen LogP contribution in [0, 0.1) is 0 Å². The molecule has 136 valence electrons. The lowest BCUT2D eigenvalue weighted by atomic mass is 9.87. The molecule has 0 fully saturated rings. The number of aryl methyl sites for hydroxylation is 1. The van der Waals surface area contributed by atoms with Gasteiger partial charge in [-0.05, 0) is 35.6 Å². The number of amides is 1. The molecule has 1 amide bonds. The van der Waals surface area contributed by atoms with Crippen LogP contribution in [0.4, 0.5) is 0 Å². The van der Waals surface area contributed by atoms with Gasteiger partial charge in [0.1, 0.15) is 6.61 Å². The molecular formula is C20H22ClN3O2. The van der Waals surface area contributed by atoms with Crippen LogP contribution in [0.25, 0.3) is 0 Å². The van der Waals surface area contributed by atoms with Crippen molar-refractivity contribution in [1.82, 2.24) is 0 Å². The zero-order chi connectivity index (χ0) is 18.5. The van der Waals surface area contributed by atoms with Crippen molar-refractivity contribution in [2.24, 2.45) is 16.5 Å². The Morgan fingerprint density at radius 3 is 2.58 bits per heavy atom. The smallest absolute Gasteiger partial charge is 0.282 e. The van der Waals surface area contributed by atoms with E-state index in [-0.39, 0.29) is 30.3 Å². The summed E-state index contributed by atoms with van der Waals surface area (Å²) < 4.78 is 5.17. The van der Waals surface area contributed by atoms with Crippen molar-refractivity contribution in [3.63, 3.8) is 0 Å². The molecule has 1 heterocycles. The number of amidine groups is 1. The topological polar surface area (TPSA) is 90.7 Å². The number of nitrogens with two attached hydrogens (primary N) is 2. The largest absolute Gasteiger partial charge is 0.463 e. The molecule has 4 N–H and O–H groups in total. The van der Waals surface area contributed by atoms with Crippen LogP contribution in [0.3, 0.4) is 0 Å². The monoisotopic (exact) mass is 371 g/mol. The number of rotatable bonds is 7. The van der Waals surface area contributed by atoms with Crippen LogP contribution in [0.15, 0.2) is 53.5 Å². The van der Waals surface area contributed by atoms with E-state index in [4.69, 9.17) is 27.8 Å². The van der Waals surface area contributed by atoms with E-state index in [0.29, 0.717) is 11.6 Å². The zero-order valence-electron chi connectivity index (χ0n) is 14.4. The zero-order valence-corrected chi connectivity index (χ0v) is 15.2. The molecule has 2 atom stereocenters. The molecule has 26 heavy (non-hydrogen) atoms. The number of benzene rings is 2. The van der Waals surface area contributed by atoms with Gasteiger partial charge < -0.3 is 16.2 Å². The second-order valence-electron chi connectivity index (χ2n) is 6.46. The van der Waals surface area contributed by atoms with E-state index in [1.807, 2.05) is 36.4 Å². The van der Waals surface area contributed by atoms with Gasteiger partial charge in [0.2, 0.25) is 5.91 Å². The lowest BCUT2D eigenvalue weighted by Crippen LogP contribution is -2.16. The summed E-state index contributed by atoms with van der Waals surface area (Å²) >= 11 is 6.33. The Morgan fingerprint density at radius 2 is 1.96 bits per heavy atom. The van der Waals surface area contributed by atoms with Crippen LogP contribution in [-0.4, -0.2) is 24.6 Å². The third-order valence-corrected chi connectivity index (χ3v) is 4.91. The maximum atomic E-state index is 11.6. The van der Waals surface area contributed by atoms with Crippen molar-refractivity contribution < 1.29 is 9.53 Å². The number of ether oxygens (including phenoxy) is 1. The van der Waals surface area contributed by atoms with Gasteiger partial charge >= 0.3 is 0 Å². The number of hydrogen-bond donors (Lipinski definition) is 2. The fourth-order valence-corrected chi connectivity index (χ4v) is 3.47. The molecule has 6 heteroatoms. The number of aliphatic imine (C=N–C) groups is 1. The van der Waals surface area contributed by atoms with Gasteiger partial charge in [-0.15, -0.1) is 0 Å². The number of halogens is 1. The number of nitrogens with zero attached hydrogens (tertiary/aromatic N) is 1. The van der Waals surface area contributed by atoms with Gasteiger partial charge in [0, 0.05) is 17.4 Å². The summed E-state index contributed by atoms with van der Waals surface area (Å²) in [5, 5.41) is 0.638. The van der Waals surface area contributed by atoms with Gasteiger partial charge in [0.05, 0.1) is 6.04 Å². The molecule has 0 bridgehead atoms. The van der Waals surface area contributed by atoms with E-state index >= 15 is 0 Å². The van der Waals surface area contributed by atoms with E-state index in [1.165, 1.54) is 5.56 Å². The lowest BCUT2D eigenvalue weighted by Gasteiger charge is -2.18. The average Bonchev–Trinajstić information content (AvgIpc) is 3.04. The Hall–Kier alpha value is -2.53. The molecule has 0 saturated carbocycles. The molecule has 0 spiro atoms. The van der Waals surface area contributed by atoms with E-state index in [1.54, 1.807) is 0 Å². The highest BCUT2D eigenvalue weighted by Gasteiger charge is 2.20. The van der Waals surface area contributed by atoms with E-state index in [9.17, 15) is 4.79 Å². The maximum absolute atomic E-state index is 11.6. The average molecular weight is 372 g/mol. The van der Waals surface area contributed by atoms with Crippen molar-refractivity contribution >= 4 is 23.5 Å². The first-order valence-corrected chi connectivity index (χ1v) is 8.98. The Morgan fingerprint density at radius 1 is 1.23 bits per heavy atom. The van der Waals surface area contributed by atoms with E-state index < -0.39 is 0 Å². The minimum Gasteiger partial charge on any atom is -0.463 e. The lowest BCUT2D eigenvalue weighted by molar-refractivity contribution is -0.118. The number of carbonyl (C=O) groups is 1. The summed E-state index contributed by atoms with van der Waals surface area (Å²) in [6.07, 6.45) is 1.99. The standard InChI is InChI=1S/C20H22ClN3O2/c21-18-4-2-1-3-16(18)17(11-19(22)25)14-8-5-13(6-9-14)7-10-15-12-26-20(23)24-15/h1-6,8-9,15,17H,7,10-12H2,(H2,22,25)(H2,23,24). The first-order valence-electron chi connectivity index (χ1n) is 8.60. The second-order valence-corrected chi connectivity index (χ2v) is 6.86. The van der Waals surface area contributed by atoms with Crippen LogP contribution >= 0.6 is 11.6 Å². The summed E-state index contributed by atoms with van der Waals surface area (Å²) in [5.41, 5.74) is 14.1. The molecule has 0 saturated heterocycles. The summed E-state index contributed by atoms with van der Waals surface area (Å²) in [6.45, 7) is 0.553. The highest BCUT2D eigenvalue weighted by atomic mass is 35.5.